The van der Waals surface area contributed by atoms with Gasteiger partial charge in [-0.1, -0.05) is 31.2 Å². The lowest BCUT2D eigenvalue weighted by atomic mass is 10.1. The van der Waals surface area contributed by atoms with E-state index in [1.54, 1.807) is 0 Å². The van der Waals surface area contributed by atoms with Crippen LogP contribution in [0.4, 0.5) is 0 Å². The van der Waals surface area contributed by atoms with E-state index in [0.29, 0.717) is 5.92 Å². The fourth-order valence-corrected chi connectivity index (χ4v) is 2.79. The Morgan fingerprint density at radius 3 is 2.74 bits per heavy atom. The minimum Gasteiger partial charge on any atom is -0.330 e. The number of rotatable bonds is 4. The first-order chi connectivity index (χ1) is 9.36. The van der Waals surface area contributed by atoms with E-state index in [-0.39, 0.29) is 0 Å². The fourth-order valence-electron chi connectivity index (χ4n) is 2.79. The Bertz CT molecular complexity index is 521. The van der Waals surface area contributed by atoms with E-state index >= 15 is 0 Å². The molecule has 19 heavy (non-hydrogen) atoms. The van der Waals surface area contributed by atoms with Crippen molar-refractivity contribution in [1.82, 2.24) is 14.9 Å². The number of nitrogens with one attached hydrogen (secondary N) is 1. The summed E-state index contributed by atoms with van der Waals surface area (Å²) in [4.78, 5) is 4.33. The highest BCUT2D eigenvalue weighted by Crippen LogP contribution is 2.22. The number of nitrogens with zero attached hydrogens (tertiary/aromatic N) is 2. The van der Waals surface area contributed by atoms with Gasteiger partial charge < -0.3 is 9.88 Å². The highest BCUT2D eigenvalue weighted by molar-refractivity contribution is 5.23. The van der Waals surface area contributed by atoms with E-state index in [4.69, 9.17) is 0 Å². The minimum atomic E-state index is 0.623. The smallest absolute Gasteiger partial charge is 0.0951 e. The molecule has 0 saturated carbocycles. The normalized spacial score (nSPS) is 18.9. The van der Waals surface area contributed by atoms with Crippen molar-refractivity contribution in [1.29, 1.82) is 0 Å². The van der Waals surface area contributed by atoms with Gasteiger partial charge in [-0.05, 0) is 30.5 Å². The molecule has 100 valence electrons. The van der Waals surface area contributed by atoms with Crippen LogP contribution >= 0.6 is 0 Å². The summed E-state index contributed by atoms with van der Waals surface area (Å²) in [5, 5.41) is 3.43. The molecule has 1 atom stereocenters. The summed E-state index contributed by atoms with van der Waals surface area (Å²) in [6.45, 7) is 5.33. The van der Waals surface area contributed by atoms with Crippen molar-refractivity contribution in [3.05, 3.63) is 53.6 Å². The first-order valence-corrected chi connectivity index (χ1v) is 7.15. The van der Waals surface area contributed by atoms with Gasteiger partial charge in [-0.2, -0.15) is 0 Å². The number of aryl methyl sites for hydroxylation is 1. The summed E-state index contributed by atoms with van der Waals surface area (Å²) in [5.74, 6) is 0.623. The van der Waals surface area contributed by atoms with Gasteiger partial charge in [0, 0.05) is 30.9 Å². The molecule has 0 aliphatic carbocycles. The maximum atomic E-state index is 4.33. The Kier molecular flexibility index (Phi) is 3.65. The first-order valence-electron chi connectivity index (χ1n) is 7.15. The molecule has 1 aliphatic rings. The third kappa shape index (κ3) is 2.71. The summed E-state index contributed by atoms with van der Waals surface area (Å²) >= 11 is 0. The van der Waals surface area contributed by atoms with E-state index in [0.717, 1.165) is 26.1 Å². The molecule has 1 aliphatic heterocycles. The monoisotopic (exact) mass is 255 g/mol. The van der Waals surface area contributed by atoms with Gasteiger partial charge >= 0.3 is 0 Å². The molecule has 1 saturated heterocycles. The molecule has 3 heteroatoms. The summed E-state index contributed by atoms with van der Waals surface area (Å²) in [6, 6.07) is 8.91. The Morgan fingerprint density at radius 2 is 2.05 bits per heavy atom. The Morgan fingerprint density at radius 1 is 1.26 bits per heavy atom. The molecule has 0 amide bonds. The largest absolute Gasteiger partial charge is 0.330 e. The van der Waals surface area contributed by atoms with Crippen LogP contribution in [0.1, 0.15) is 36.1 Å². The van der Waals surface area contributed by atoms with Gasteiger partial charge in [0.25, 0.3) is 0 Å². The standard InChI is InChI=1S/C16H21N3/c1-2-13-3-5-14(6-4-13)11-19-12-18-10-16(19)15-7-8-17-9-15/h3-6,10,12,15,17H,2,7-9,11H2,1H3. The van der Waals surface area contributed by atoms with E-state index < -0.39 is 0 Å². The molecule has 0 bridgehead atoms. The van der Waals surface area contributed by atoms with Crippen LogP contribution in [-0.2, 0) is 13.0 Å². The van der Waals surface area contributed by atoms with Gasteiger partial charge in [-0.15, -0.1) is 0 Å². The van der Waals surface area contributed by atoms with E-state index in [1.807, 2.05) is 12.5 Å². The fraction of sp³-hybridized carbons (Fsp3) is 0.438. The molecule has 1 N–H and O–H groups in total. The van der Waals surface area contributed by atoms with Crippen LogP contribution in [0.5, 0.6) is 0 Å². The van der Waals surface area contributed by atoms with Crippen molar-refractivity contribution in [3.63, 3.8) is 0 Å². The quantitative estimate of drug-likeness (QED) is 0.910. The van der Waals surface area contributed by atoms with E-state index in [2.05, 4.69) is 46.1 Å². The molecule has 3 rings (SSSR count). The van der Waals surface area contributed by atoms with Crippen molar-refractivity contribution in [2.24, 2.45) is 0 Å². The van der Waals surface area contributed by atoms with Crippen LogP contribution < -0.4 is 5.32 Å². The molecular weight excluding hydrogens is 234 g/mol. The second-order valence-electron chi connectivity index (χ2n) is 5.31. The zero-order valence-electron chi connectivity index (χ0n) is 11.5. The summed E-state index contributed by atoms with van der Waals surface area (Å²) in [5.41, 5.74) is 4.11. The number of benzene rings is 1. The van der Waals surface area contributed by atoms with Crippen LogP contribution in [0.25, 0.3) is 0 Å². The Balaban J connectivity index is 1.77. The van der Waals surface area contributed by atoms with Crippen LogP contribution in [-0.4, -0.2) is 22.6 Å². The first kappa shape index (κ1) is 12.4. The highest BCUT2D eigenvalue weighted by Gasteiger charge is 2.19. The van der Waals surface area contributed by atoms with Gasteiger partial charge in [-0.25, -0.2) is 4.98 Å². The molecular formula is C16H21N3. The van der Waals surface area contributed by atoms with Crippen molar-refractivity contribution in [3.8, 4) is 0 Å². The lowest BCUT2D eigenvalue weighted by molar-refractivity contribution is 0.654. The second-order valence-corrected chi connectivity index (χ2v) is 5.31. The lowest BCUT2D eigenvalue weighted by Gasteiger charge is -2.13. The summed E-state index contributed by atoms with van der Waals surface area (Å²) in [7, 11) is 0. The van der Waals surface area contributed by atoms with Gasteiger partial charge in [0.05, 0.1) is 6.33 Å². The van der Waals surface area contributed by atoms with Gasteiger partial charge in [0.15, 0.2) is 0 Å². The zero-order valence-corrected chi connectivity index (χ0v) is 11.5. The molecule has 2 aromatic rings. The Labute approximate surface area is 114 Å². The molecule has 3 nitrogen and oxygen atoms in total. The summed E-state index contributed by atoms with van der Waals surface area (Å²) < 4.78 is 2.29. The third-order valence-electron chi connectivity index (χ3n) is 4.01. The maximum Gasteiger partial charge on any atom is 0.0951 e. The molecule has 0 radical (unpaired) electrons. The molecule has 2 heterocycles. The molecule has 1 aromatic heterocycles. The average molecular weight is 255 g/mol. The van der Waals surface area contributed by atoms with Crippen molar-refractivity contribution < 1.29 is 0 Å². The van der Waals surface area contributed by atoms with Crippen LogP contribution in [0.2, 0.25) is 0 Å². The topological polar surface area (TPSA) is 29.9 Å². The van der Waals surface area contributed by atoms with Crippen LogP contribution in [0.15, 0.2) is 36.8 Å². The van der Waals surface area contributed by atoms with Crippen molar-refractivity contribution in [2.75, 3.05) is 13.1 Å². The van der Waals surface area contributed by atoms with E-state index in [1.165, 1.54) is 23.2 Å². The highest BCUT2D eigenvalue weighted by atomic mass is 15.1. The molecule has 0 spiro atoms. The minimum absolute atomic E-state index is 0.623. The van der Waals surface area contributed by atoms with Crippen LogP contribution in [0, 0.1) is 0 Å². The van der Waals surface area contributed by atoms with Crippen molar-refractivity contribution >= 4 is 0 Å². The second kappa shape index (κ2) is 5.57. The lowest BCUT2D eigenvalue weighted by Crippen LogP contribution is -2.12. The predicted molar refractivity (Wildman–Crippen MR) is 77.4 cm³/mol. The van der Waals surface area contributed by atoms with Gasteiger partial charge in [-0.3, -0.25) is 0 Å². The van der Waals surface area contributed by atoms with E-state index in [9.17, 15) is 0 Å². The predicted octanol–water partition coefficient (Wildman–Crippen LogP) is 2.57. The van der Waals surface area contributed by atoms with Crippen LogP contribution in [0.3, 0.4) is 0 Å². The average Bonchev–Trinajstić information content (AvgIpc) is 3.10. The van der Waals surface area contributed by atoms with Gasteiger partial charge in [0.2, 0.25) is 0 Å². The zero-order chi connectivity index (χ0) is 13.1. The Hall–Kier alpha value is -1.61. The molecule has 1 aromatic carbocycles. The third-order valence-corrected chi connectivity index (χ3v) is 4.01. The number of hydrogen-bond acceptors (Lipinski definition) is 2. The number of imidazole rings is 1. The number of aromatic nitrogens is 2. The SMILES string of the molecule is CCc1ccc(Cn2cncc2C2CCNC2)cc1. The number of hydrogen-bond donors (Lipinski definition) is 1. The molecule has 1 unspecified atom stereocenters. The van der Waals surface area contributed by atoms with Crippen molar-refractivity contribution in [2.45, 2.75) is 32.2 Å². The maximum absolute atomic E-state index is 4.33. The molecule has 1 fully saturated rings. The van der Waals surface area contributed by atoms with Gasteiger partial charge in [0.1, 0.15) is 0 Å². The summed E-state index contributed by atoms with van der Waals surface area (Å²) in [6.07, 6.45) is 6.31.